The molecule has 2 fully saturated rings. The molecule has 2 rings (SSSR count). The van der Waals surface area contributed by atoms with Crippen molar-refractivity contribution in [3.05, 3.63) is 0 Å². The number of hydrogen-bond acceptors (Lipinski definition) is 3. The lowest BCUT2D eigenvalue weighted by Gasteiger charge is -2.39. The van der Waals surface area contributed by atoms with E-state index >= 15 is 0 Å². The second-order valence-corrected chi connectivity index (χ2v) is 4.81. The normalized spacial score (nSPS) is 34.5. The highest BCUT2D eigenvalue weighted by Crippen LogP contribution is 2.25. The molecular formula is C11H22N2O. The fourth-order valence-electron chi connectivity index (χ4n) is 2.35. The monoisotopic (exact) mass is 198 g/mol. The number of hydrogen-bond donors (Lipinski definition) is 1. The molecule has 1 aliphatic carbocycles. The predicted molar refractivity (Wildman–Crippen MR) is 57.2 cm³/mol. The first-order chi connectivity index (χ1) is 6.77. The zero-order valence-electron chi connectivity index (χ0n) is 9.11. The van der Waals surface area contributed by atoms with Crippen LogP contribution in [0.4, 0.5) is 0 Å². The fourth-order valence-corrected chi connectivity index (χ4v) is 2.35. The van der Waals surface area contributed by atoms with Crippen molar-refractivity contribution in [1.29, 1.82) is 0 Å². The van der Waals surface area contributed by atoms with Crippen molar-refractivity contribution < 1.29 is 4.74 Å². The van der Waals surface area contributed by atoms with Crippen molar-refractivity contribution in [1.82, 2.24) is 4.90 Å². The summed E-state index contributed by atoms with van der Waals surface area (Å²) in [5.74, 6) is 0.550. The molecule has 82 valence electrons. The third-order valence-electron chi connectivity index (χ3n) is 3.75. The Labute approximate surface area is 86.6 Å². The van der Waals surface area contributed by atoms with Crippen LogP contribution in [0.5, 0.6) is 0 Å². The average molecular weight is 198 g/mol. The molecular weight excluding hydrogens is 176 g/mol. The maximum atomic E-state index is 6.08. The second kappa shape index (κ2) is 4.60. The van der Waals surface area contributed by atoms with Crippen molar-refractivity contribution >= 4 is 0 Å². The first-order valence-corrected chi connectivity index (χ1v) is 5.81. The molecule has 0 radical (unpaired) electrons. The van der Waals surface area contributed by atoms with E-state index in [1.54, 1.807) is 0 Å². The van der Waals surface area contributed by atoms with Gasteiger partial charge in [0, 0.05) is 31.2 Å². The Hall–Kier alpha value is -0.120. The molecule has 0 spiro atoms. The van der Waals surface area contributed by atoms with Gasteiger partial charge in [0.05, 0.1) is 6.61 Å². The Morgan fingerprint density at radius 1 is 1.36 bits per heavy atom. The summed E-state index contributed by atoms with van der Waals surface area (Å²) < 4.78 is 5.48. The van der Waals surface area contributed by atoms with Crippen LogP contribution in [0.1, 0.15) is 25.7 Å². The van der Waals surface area contributed by atoms with Crippen LogP contribution >= 0.6 is 0 Å². The van der Waals surface area contributed by atoms with E-state index in [1.165, 1.54) is 19.3 Å². The predicted octanol–water partition coefficient (Wildman–Crippen LogP) is 0.834. The lowest BCUT2D eigenvalue weighted by atomic mass is 9.89. The van der Waals surface area contributed by atoms with E-state index in [1.807, 2.05) is 0 Å². The average Bonchev–Trinajstić information content (AvgIpc) is 2.05. The summed E-state index contributed by atoms with van der Waals surface area (Å²) in [6, 6.07) is 1.18. The van der Waals surface area contributed by atoms with Crippen molar-refractivity contribution in [3.63, 3.8) is 0 Å². The van der Waals surface area contributed by atoms with Gasteiger partial charge in [0.25, 0.3) is 0 Å². The minimum absolute atomic E-state index is 0.353. The number of ether oxygens (including phenoxy) is 1. The van der Waals surface area contributed by atoms with Gasteiger partial charge in [0.2, 0.25) is 0 Å². The van der Waals surface area contributed by atoms with E-state index in [4.69, 9.17) is 10.5 Å². The van der Waals surface area contributed by atoms with Crippen molar-refractivity contribution in [3.8, 4) is 0 Å². The molecule has 1 aliphatic heterocycles. The van der Waals surface area contributed by atoms with Gasteiger partial charge in [-0.05, 0) is 26.3 Å². The van der Waals surface area contributed by atoms with E-state index in [2.05, 4.69) is 11.9 Å². The molecule has 0 aromatic heterocycles. The molecule has 3 heteroatoms. The largest absolute Gasteiger partial charge is 0.381 e. The molecule has 1 saturated carbocycles. The van der Waals surface area contributed by atoms with E-state index in [0.29, 0.717) is 12.0 Å². The van der Waals surface area contributed by atoms with Gasteiger partial charge in [0.15, 0.2) is 0 Å². The Balaban J connectivity index is 1.76. The summed E-state index contributed by atoms with van der Waals surface area (Å²) in [5, 5.41) is 0. The van der Waals surface area contributed by atoms with Crippen molar-refractivity contribution in [2.24, 2.45) is 11.7 Å². The first kappa shape index (κ1) is 10.4. The summed E-state index contributed by atoms with van der Waals surface area (Å²) >= 11 is 0. The molecule has 2 unspecified atom stereocenters. The molecule has 14 heavy (non-hydrogen) atoms. The van der Waals surface area contributed by atoms with Gasteiger partial charge in [-0.3, -0.25) is 0 Å². The summed E-state index contributed by atoms with van der Waals surface area (Å²) in [7, 11) is 2.23. The lowest BCUT2D eigenvalue weighted by molar-refractivity contribution is 0.0175. The Morgan fingerprint density at radius 2 is 2.14 bits per heavy atom. The van der Waals surface area contributed by atoms with Crippen LogP contribution in [0.25, 0.3) is 0 Å². The van der Waals surface area contributed by atoms with Gasteiger partial charge in [-0.25, -0.2) is 0 Å². The van der Waals surface area contributed by atoms with Crippen molar-refractivity contribution in [2.75, 3.05) is 26.8 Å². The highest BCUT2D eigenvalue weighted by molar-refractivity contribution is 4.83. The standard InChI is InChI=1S/C11H22N2O/c1-13(10-3-2-4-10)7-9-8-14-6-5-11(9)12/h9-11H,2-8,12H2,1H3. The minimum atomic E-state index is 0.353. The SMILES string of the molecule is CN(CC1COCCC1N)C1CCC1. The quantitative estimate of drug-likeness (QED) is 0.730. The van der Waals surface area contributed by atoms with Gasteiger partial charge < -0.3 is 15.4 Å². The zero-order valence-corrected chi connectivity index (χ0v) is 9.11. The molecule has 1 heterocycles. The molecule has 0 bridgehead atoms. The van der Waals surface area contributed by atoms with E-state index in [0.717, 1.165) is 32.2 Å². The topological polar surface area (TPSA) is 38.5 Å². The van der Waals surface area contributed by atoms with Gasteiger partial charge in [-0.15, -0.1) is 0 Å². The van der Waals surface area contributed by atoms with Crippen LogP contribution < -0.4 is 5.73 Å². The second-order valence-electron chi connectivity index (χ2n) is 4.81. The third-order valence-corrected chi connectivity index (χ3v) is 3.75. The van der Waals surface area contributed by atoms with E-state index in [9.17, 15) is 0 Å². The van der Waals surface area contributed by atoms with Gasteiger partial charge >= 0.3 is 0 Å². The van der Waals surface area contributed by atoms with Gasteiger partial charge in [0.1, 0.15) is 0 Å². The molecule has 3 nitrogen and oxygen atoms in total. The summed E-state index contributed by atoms with van der Waals surface area (Å²) in [6.07, 6.45) is 5.18. The summed E-state index contributed by atoms with van der Waals surface area (Å²) in [5.41, 5.74) is 6.08. The minimum Gasteiger partial charge on any atom is -0.381 e. The number of rotatable bonds is 3. The van der Waals surface area contributed by atoms with Crippen LogP contribution in [0.3, 0.4) is 0 Å². The van der Waals surface area contributed by atoms with Crippen LogP contribution in [0, 0.1) is 5.92 Å². The smallest absolute Gasteiger partial charge is 0.0521 e. The number of nitrogens with two attached hydrogens (primary N) is 1. The Kier molecular flexibility index (Phi) is 3.42. The summed E-state index contributed by atoms with van der Waals surface area (Å²) in [6.45, 7) is 2.83. The zero-order chi connectivity index (χ0) is 9.97. The first-order valence-electron chi connectivity index (χ1n) is 5.81. The molecule has 0 aromatic carbocycles. The molecule has 2 N–H and O–H groups in total. The molecule has 0 aromatic rings. The van der Waals surface area contributed by atoms with E-state index in [-0.39, 0.29) is 0 Å². The molecule has 2 aliphatic rings. The molecule has 1 saturated heterocycles. The van der Waals surface area contributed by atoms with Crippen LogP contribution in [0.15, 0.2) is 0 Å². The summed E-state index contributed by atoms with van der Waals surface area (Å²) in [4.78, 5) is 2.47. The Bertz CT molecular complexity index is 182. The highest BCUT2D eigenvalue weighted by atomic mass is 16.5. The van der Waals surface area contributed by atoms with Crippen molar-refractivity contribution in [2.45, 2.75) is 37.8 Å². The Morgan fingerprint density at radius 3 is 2.71 bits per heavy atom. The fraction of sp³-hybridized carbons (Fsp3) is 1.00. The third kappa shape index (κ3) is 2.27. The van der Waals surface area contributed by atoms with Gasteiger partial charge in [-0.2, -0.15) is 0 Å². The molecule has 0 amide bonds. The number of nitrogens with zero attached hydrogens (tertiary/aromatic N) is 1. The van der Waals surface area contributed by atoms with Gasteiger partial charge in [-0.1, -0.05) is 6.42 Å². The van der Waals surface area contributed by atoms with Crippen LogP contribution in [0.2, 0.25) is 0 Å². The molecule has 2 atom stereocenters. The van der Waals surface area contributed by atoms with Crippen LogP contribution in [-0.4, -0.2) is 43.8 Å². The van der Waals surface area contributed by atoms with E-state index < -0.39 is 0 Å². The maximum absolute atomic E-state index is 6.08. The van der Waals surface area contributed by atoms with Crippen LogP contribution in [-0.2, 0) is 4.74 Å². The highest BCUT2D eigenvalue weighted by Gasteiger charge is 2.28. The lowest BCUT2D eigenvalue weighted by Crippen LogP contribution is -2.48. The maximum Gasteiger partial charge on any atom is 0.0521 e.